The van der Waals surface area contributed by atoms with Crippen LogP contribution in [0.1, 0.15) is 30.7 Å². The van der Waals surface area contributed by atoms with Gasteiger partial charge in [0.05, 0.1) is 5.88 Å². The molecule has 2 heterocycles. The number of aromatic nitrogens is 3. The monoisotopic (exact) mass is 293 g/mol. The molecule has 0 radical (unpaired) electrons. The third-order valence-electron chi connectivity index (χ3n) is 3.76. The number of hydrogen-bond donors (Lipinski definition) is 0. The minimum Gasteiger partial charge on any atom is -0.381 e. The van der Waals surface area contributed by atoms with Gasteiger partial charge in [0.15, 0.2) is 5.65 Å². The van der Waals surface area contributed by atoms with Gasteiger partial charge in [-0.2, -0.15) is 0 Å². The summed E-state index contributed by atoms with van der Waals surface area (Å²) in [6, 6.07) is 1.98. The van der Waals surface area contributed by atoms with E-state index < -0.39 is 0 Å². The Labute approximate surface area is 124 Å². The Kier molecular flexibility index (Phi) is 4.22. The summed E-state index contributed by atoms with van der Waals surface area (Å²) in [7, 11) is 0. The van der Waals surface area contributed by atoms with Gasteiger partial charge < -0.3 is 9.30 Å². The van der Waals surface area contributed by atoms with E-state index in [2.05, 4.69) is 21.5 Å². The highest BCUT2D eigenvalue weighted by molar-refractivity contribution is 6.16. The van der Waals surface area contributed by atoms with Crippen LogP contribution in [0.4, 0.5) is 0 Å². The number of imidazole rings is 1. The number of pyridine rings is 1. The van der Waals surface area contributed by atoms with E-state index >= 15 is 0 Å². The molecule has 5 heteroatoms. The fourth-order valence-electron chi connectivity index (χ4n) is 2.38. The first-order valence-corrected chi connectivity index (χ1v) is 7.77. The van der Waals surface area contributed by atoms with Gasteiger partial charge in [-0.1, -0.05) is 0 Å². The number of alkyl halides is 1. The molecule has 2 aromatic rings. The van der Waals surface area contributed by atoms with Crippen molar-refractivity contribution in [2.45, 2.75) is 38.6 Å². The predicted octanol–water partition coefficient (Wildman–Crippen LogP) is 3.30. The number of fused-ring (bicyclic) bond motifs is 1. The second-order valence-corrected chi connectivity index (χ2v) is 5.75. The molecule has 0 amide bonds. The first kappa shape index (κ1) is 13.8. The Hall–Kier alpha value is -1.13. The molecule has 20 heavy (non-hydrogen) atoms. The summed E-state index contributed by atoms with van der Waals surface area (Å²) in [6.07, 6.45) is 5.48. The molecule has 108 valence electrons. The molecular formula is C15H20ClN3O. The highest BCUT2D eigenvalue weighted by atomic mass is 35.5. The molecule has 3 rings (SSSR count). The summed E-state index contributed by atoms with van der Waals surface area (Å²) in [5.74, 6) is 2.14. The maximum Gasteiger partial charge on any atom is 0.160 e. The number of ether oxygens (including phenoxy) is 1. The Balaban J connectivity index is 1.67. The maximum atomic E-state index is 6.00. The zero-order chi connectivity index (χ0) is 13.9. The first-order valence-electron chi connectivity index (χ1n) is 7.24. The number of nitrogens with zero attached hydrogens (tertiary/aromatic N) is 3. The third kappa shape index (κ3) is 2.96. The topological polar surface area (TPSA) is 39.9 Å². The standard InChI is InChI=1S/C15H20ClN3O/c1-11-5-6-17-15-14(11)18-13(9-16)19(15)7-2-8-20-10-12-3-4-12/h5-6,12H,2-4,7-10H2,1H3. The number of hydrogen-bond acceptors (Lipinski definition) is 3. The van der Waals surface area contributed by atoms with Gasteiger partial charge in [-0.15, -0.1) is 11.6 Å². The Bertz CT molecular complexity index is 592. The van der Waals surface area contributed by atoms with Crippen molar-refractivity contribution in [3.8, 4) is 0 Å². The largest absolute Gasteiger partial charge is 0.381 e. The van der Waals surface area contributed by atoms with Gasteiger partial charge in [0.2, 0.25) is 0 Å². The minimum absolute atomic E-state index is 0.415. The molecular weight excluding hydrogens is 274 g/mol. The molecule has 0 unspecified atom stereocenters. The summed E-state index contributed by atoms with van der Waals surface area (Å²) >= 11 is 6.00. The lowest BCUT2D eigenvalue weighted by molar-refractivity contribution is 0.119. The molecule has 0 bridgehead atoms. The van der Waals surface area contributed by atoms with Crippen LogP contribution in [-0.2, 0) is 17.2 Å². The van der Waals surface area contributed by atoms with Crippen molar-refractivity contribution in [2.24, 2.45) is 5.92 Å². The highest BCUT2D eigenvalue weighted by Gasteiger charge is 2.21. The van der Waals surface area contributed by atoms with E-state index in [-0.39, 0.29) is 0 Å². The zero-order valence-electron chi connectivity index (χ0n) is 11.8. The lowest BCUT2D eigenvalue weighted by Crippen LogP contribution is -2.07. The van der Waals surface area contributed by atoms with E-state index in [1.165, 1.54) is 12.8 Å². The summed E-state index contributed by atoms with van der Waals surface area (Å²) in [5.41, 5.74) is 3.04. The maximum absolute atomic E-state index is 6.00. The molecule has 0 aliphatic heterocycles. The Morgan fingerprint density at radius 3 is 3.05 bits per heavy atom. The fraction of sp³-hybridized carbons (Fsp3) is 0.600. The first-order chi connectivity index (χ1) is 9.79. The average Bonchev–Trinajstić information content (AvgIpc) is 3.20. The summed E-state index contributed by atoms with van der Waals surface area (Å²) < 4.78 is 7.80. The molecule has 0 atom stereocenters. The molecule has 1 fully saturated rings. The van der Waals surface area contributed by atoms with E-state index in [0.29, 0.717) is 5.88 Å². The molecule has 1 saturated carbocycles. The van der Waals surface area contributed by atoms with Gasteiger partial charge >= 0.3 is 0 Å². The third-order valence-corrected chi connectivity index (χ3v) is 3.99. The van der Waals surface area contributed by atoms with Gasteiger partial charge in [-0.3, -0.25) is 0 Å². The molecule has 1 aliphatic rings. The molecule has 4 nitrogen and oxygen atoms in total. The SMILES string of the molecule is Cc1ccnc2c1nc(CCl)n2CCCOCC1CC1. The van der Waals surface area contributed by atoms with Crippen LogP contribution in [0.25, 0.3) is 11.2 Å². The molecule has 2 aromatic heterocycles. The van der Waals surface area contributed by atoms with Gasteiger partial charge in [-0.25, -0.2) is 9.97 Å². The molecule has 0 saturated heterocycles. The van der Waals surface area contributed by atoms with Gasteiger partial charge in [0.1, 0.15) is 11.3 Å². The van der Waals surface area contributed by atoms with Crippen molar-refractivity contribution in [3.63, 3.8) is 0 Å². The summed E-state index contributed by atoms with van der Waals surface area (Å²) in [6.45, 7) is 4.63. The fourth-order valence-corrected chi connectivity index (χ4v) is 2.58. The molecule has 0 N–H and O–H groups in total. The van der Waals surface area contributed by atoms with E-state index in [9.17, 15) is 0 Å². The van der Waals surface area contributed by atoms with Crippen molar-refractivity contribution in [2.75, 3.05) is 13.2 Å². The van der Waals surface area contributed by atoms with Crippen LogP contribution in [0.3, 0.4) is 0 Å². The van der Waals surface area contributed by atoms with Crippen LogP contribution in [0.2, 0.25) is 0 Å². The lowest BCUT2D eigenvalue weighted by Gasteiger charge is -2.07. The molecule has 0 aromatic carbocycles. The smallest absolute Gasteiger partial charge is 0.160 e. The lowest BCUT2D eigenvalue weighted by atomic mass is 10.3. The van der Waals surface area contributed by atoms with E-state index in [1.807, 2.05) is 12.3 Å². The van der Waals surface area contributed by atoms with Crippen LogP contribution in [0.15, 0.2) is 12.3 Å². The summed E-state index contributed by atoms with van der Waals surface area (Å²) in [5, 5.41) is 0. The normalized spacial score (nSPS) is 15.1. The van der Waals surface area contributed by atoms with Gasteiger partial charge in [0.25, 0.3) is 0 Å². The van der Waals surface area contributed by atoms with Crippen LogP contribution in [-0.4, -0.2) is 27.7 Å². The van der Waals surface area contributed by atoms with Crippen LogP contribution < -0.4 is 0 Å². The van der Waals surface area contributed by atoms with Crippen molar-refractivity contribution in [1.82, 2.24) is 14.5 Å². The van der Waals surface area contributed by atoms with Crippen LogP contribution >= 0.6 is 11.6 Å². The zero-order valence-corrected chi connectivity index (χ0v) is 12.6. The van der Waals surface area contributed by atoms with E-state index in [1.54, 1.807) is 0 Å². The molecule has 1 aliphatic carbocycles. The van der Waals surface area contributed by atoms with Crippen LogP contribution in [0.5, 0.6) is 0 Å². The van der Waals surface area contributed by atoms with Crippen molar-refractivity contribution < 1.29 is 4.74 Å². The van der Waals surface area contributed by atoms with Crippen molar-refractivity contribution in [3.05, 3.63) is 23.7 Å². The van der Waals surface area contributed by atoms with E-state index in [4.69, 9.17) is 16.3 Å². The summed E-state index contributed by atoms with van der Waals surface area (Å²) in [4.78, 5) is 9.04. The number of aryl methyl sites for hydroxylation is 2. The van der Waals surface area contributed by atoms with E-state index in [0.717, 1.165) is 54.6 Å². The minimum atomic E-state index is 0.415. The number of halogens is 1. The average molecular weight is 294 g/mol. The van der Waals surface area contributed by atoms with Crippen LogP contribution in [0, 0.1) is 12.8 Å². The molecule has 0 spiro atoms. The second kappa shape index (κ2) is 6.10. The van der Waals surface area contributed by atoms with Crippen molar-refractivity contribution >= 4 is 22.8 Å². The predicted molar refractivity (Wildman–Crippen MR) is 80.0 cm³/mol. The van der Waals surface area contributed by atoms with Crippen molar-refractivity contribution in [1.29, 1.82) is 0 Å². The highest BCUT2D eigenvalue weighted by Crippen LogP contribution is 2.28. The number of rotatable bonds is 7. The second-order valence-electron chi connectivity index (χ2n) is 5.49. The Morgan fingerprint density at radius 2 is 2.30 bits per heavy atom. The Morgan fingerprint density at radius 1 is 1.45 bits per heavy atom. The van der Waals surface area contributed by atoms with Gasteiger partial charge in [-0.05, 0) is 43.7 Å². The van der Waals surface area contributed by atoms with Gasteiger partial charge in [0, 0.05) is 26.0 Å². The quantitative estimate of drug-likeness (QED) is 0.581.